The molecule has 2 rings (SSSR count). The smallest absolute Gasteiger partial charge is 0.335 e. The van der Waals surface area contributed by atoms with Crippen molar-refractivity contribution in [1.82, 2.24) is 4.90 Å². The van der Waals surface area contributed by atoms with E-state index in [1.165, 1.54) is 12.1 Å². The molecule has 1 heterocycles. The van der Waals surface area contributed by atoms with Gasteiger partial charge in [-0.05, 0) is 30.0 Å². The average Bonchev–Trinajstić information content (AvgIpc) is 2.72. The molecule has 0 aromatic heterocycles. The highest BCUT2D eigenvalue weighted by Crippen LogP contribution is 2.29. The monoisotopic (exact) mass is 280 g/mol. The van der Waals surface area contributed by atoms with Crippen molar-refractivity contribution in [2.75, 3.05) is 18.4 Å². The number of nitrogens with zero attached hydrogens (tertiary/aromatic N) is 1. The first-order valence-corrected chi connectivity index (χ1v) is 6.37. The van der Waals surface area contributed by atoms with E-state index in [1.54, 1.807) is 4.90 Å². The van der Waals surface area contributed by atoms with Crippen molar-refractivity contribution < 1.29 is 19.1 Å². The minimum Gasteiger partial charge on any atom is -0.478 e. The topological polar surface area (TPSA) is 69.6 Å². The summed E-state index contributed by atoms with van der Waals surface area (Å²) in [6, 6.07) is 3.05. The lowest BCUT2D eigenvalue weighted by atomic mass is 9.93. The molecule has 2 N–H and O–H groups in total. The molecule has 108 valence electrons. The summed E-state index contributed by atoms with van der Waals surface area (Å²) < 4.78 is 13.7. The molecule has 1 aliphatic rings. The van der Waals surface area contributed by atoms with E-state index in [0.717, 1.165) is 12.5 Å². The third-order valence-corrected chi connectivity index (χ3v) is 3.42. The van der Waals surface area contributed by atoms with Gasteiger partial charge in [-0.1, -0.05) is 13.8 Å². The fraction of sp³-hybridized carbons (Fsp3) is 0.429. The molecule has 1 fully saturated rings. The number of benzene rings is 1. The number of rotatable bonds is 2. The first kappa shape index (κ1) is 14.3. The molecular formula is C14H17FN2O3. The summed E-state index contributed by atoms with van der Waals surface area (Å²) in [6.45, 7) is 5.40. The summed E-state index contributed by atoms with van der Waals surface area (Å²) in [6.07, 6.45) is 0.904. The lowest BCUT2D eigenvalue weighted by molar-refractivity contribution is 0.0696. The maximum Gasteiger partial charge on any atom is 0.335 e. The van der Waals surface area contributed by atoms with Gasteiger partial charge in [0.2, 0.25) is 0 Å². The van der Waals surface area contributed by atoms with Gasteiger partial charge in [0.1, 0.15) is 5.82 Å². The summed E-state index contributed by atoms with van der Waals surface area (Å²) in [5, 5.41) is 11.2. The molecule has 0 bridgehead atoms. The van der Waals surface area contributed by atoms with Gasteiger partial charge in [0.15, 0.2) is 0 Å². The molecule has 1 aliphatic heterocycles. The first-order chi connectivity index (χ1) is 9.28. The van der Waals surface area contributed by atoms with Crippen molar-refractivity contribution in [2.45, 2.75) is 20.3 Å². The van der Waals surface area contributed by atoms with Crippen LogP contribution in [0.15, 0.2) is 18.2 Å². The molecule has 6 heteroatoms. The van der Waals surface area contributed by atoms with Crippen molar-refractivity contribution in [2.24, 2.45) is 5.41 Å². The second-order valence-corrected chi connectivity index (χ2v) is 5.77. The molecule has 0 atom stereocenters. The Bertz CT molecular complexity index is 557. The number of carbonyl (C=O) groups excluding carboxylic acids is 1. The molecule has 20 heavy (non-hydrogen) atoms. The van der Waals surface area contributed by atoms with Gasteiger partial charge in [-0.15, -0.1) is 0 Å². The van der Waals surface area contributed by atoms with Crippen LogP contribution in [0, 0.1) is 11.2 Å². The van der Waals surface area contributed by atoms with Crippen LogP contribution in [0.1, 0.15) is 30.6 Å². The van der Waals surface area contributed by atoms with E-state index in [2.05, 4.69) is 19.2 Å². The quantitative estimate of drug-likeness (QED) is 0.875. The summed E-state index contributed by atoms with van der Waals surface area (Å²) in [5.41, 5.74) is -0.0872. The van der Waals surface area contributed by atoms with Gasteiger partial charge in [-0.3, -0.25) is 0 Å². The predicted molar refractivity (Wildman–Crippen MR) is 72.3 cm³/mol. The maximum atomic E-state index is 13.7. The first-order valence-electron chi connectivity index (χ1n) is 6.37. The number of hydrogen-bond acceptors (Lipinski definition) is 2. The van der Waals surface area contributed by atoms with Gasteiger partial charge >= 0.3 is 12.0 Å². The highest BCUT2D eigenvalue weighted by atomic mass is 19.1. The minimum absolute atomic E-state index is 0.00953. The Morgan fingerprint density at radius 1 is 1.40 bits per heavy atom. The van der Waals surface area contributed by atoms with Crippen molar-refractivity contribution in [3.63, 3.8) is 0 Å². The van der Waals surface area contributed by atoms with Crippen molar-refractivity contribution >= 4 is 17.7 Å². The van der Waals surface area contributed by atoms with Crippen LogP contribution in [0.5, 0.6) is 0 Å². The molecule has 1 aromatic rings. The van der Waals surface area contributed by atoms with Gasteiger partial charge in [0, 0.05) is 13.1 Å². The molecule has 0 saturated carbocycles. The van der Waals surface area contributed by atoms with Crippen LogP contribution in [-0.4, -0.2) is 35.1 Å². The van der Waals surface area contributed by atoms with E-state index < -0.39 is 11.8 Å². The van der Waals surface area contributed by atoms with Crippen molar-refractivity contribution in [1.29, 1.82) is 0 Å². The summed E-state index contributed by atoms with van der Waals surface area (Å²) in [5.74, 6) is -1.96. The number of aromatic carboxylic acids is 1. The number of urea groups is 1. The number of halogens is 1. The SMILES string of the molecule is CC1(C)CCN(C(=O)Nc2ccc(C(=O)O)cc2F)C1. The zero-order valence-electron chi connectivity index (χ0n) is 11.4. The Morgan fingerprint density at radius 3 is 2.60 bits per heavy atom. The van der Waals surface area contributed by atoms with Crippen molar-refractivity contribution in [3.8, 4) is 0 Å². The molecular weight excluding hydrogens is 263 g/mol. The fourth-order valence-corrected chi connectivity index (χ4v) is 2.23. The zero-order chi connectivity index (χ0) is 14.9. The molecule has 2 amide bonds. The average molecular weight is 280 g/mol. The Morgan fingerprint density at radius 2 is 2.10 bits per heavy atom. The van der Waals surface area contributed by atoms with E-state index in [4.69, 9.17) is 5.11 Å². The van der Waals surface area contributed by atoms with E-state index in [0.29, 0.717) is 13.1 Å². The lowest BCUT2D eigenvalue weighted by Crippen LogP contribution is -2.34. The third kappa shape index (κ3) is 3.07. The number of anilines is 1. The molecule has 1 aromatic carbocycles. The van der Waals surface area contributed by atoms with Gasteiger partial charge in [0.25, 0.3) is 0 Å². The number of likely N-dealkylation sites (tertiary alicyclic amines) is 1. The lowest BCUT2D eigenvalue weighted by Gasteiger charge is -2.20. The predicted octanol–water partition coefficient (Wildman–Crippen LogP) is 2.79. The minimum atomic E-state index is -1.21. The number of amides is 2. The van der Waals surface area contributed by atoms with Crippen LogP contribution in [0.25, 0.3) is 0 Å². The molecule has 5 nitrogen and oxygen atoms in total. The molecule has 1 saturated heterocycles. The maximum absolute atomic E-state index is 13.7. The zero-order valence-corrected chi connectivity index (χ0v) is 11.4. The standard InChI is InChI=1S/C14H17FN2O3/c1-14(2)5-6-17(8-14)13(20)16-11-4-3-9(12(18)19)7-10(11)15/h3-4,7H,5-6,8H2,1-2H3,(H,16,20)(H,18,19). The fourth-order valence-electron chi connectivity index (χ4n) is 2.23. The van der Waals surface area contributed by atoms with Gasteiger partial charge in [0.05, 0.1) is 11.3 Å². The highest BCUT2D eigenvalue weighted by Gasteiger charge is 2.32. The number of carboxylic acid groups (broad SMARTS) is 1. The summed E-state index contributed by atoms with van der Waals surface area (Å²) in [4.78, 5) is 24.3. The number of hydrogen-bond donors (Lipinski definition) is 2. The normalized spacial score (nSPS) is 17.1. The van der Waals surface area contributed by atoms with Crippen LogP contribution in [0.2, 0.25) is 0 Å². The Balaban J connectivity index is 2.07. The third-order valence-electron chi connectivity index (χ3n) is 3.42. The number of carbonyl (C=O) groups is 2. The van der Waals surface area contributed by atoms with Crippen LogP contribution in [0.4, 0.5) is 14.9 Å². The molecule has 0 radical (unpaired) electrons. The second-order valence-electron chi connectivity index (χ2n) is 5.77. The highest BCUT2D eigenvalue weighted by molar-refractivity contribution is 5.92. The van der Waals surface area contributed by atoms with Gasteiger partial charge in [-0.2, -0.15) is 0 Å². The van der Waals surface area contributed by atoms with Gasteiger partial charge in [-0.25, -0.2) is 14.0 Å². The van der Waals surface area contributed by atoms with E-state index in [-0.39, 0.29) is 22.7 Å². The number of nitrogens with one attached hydrogen (secondary N) is 1. The van der Waals surface area contributed by atoms with E-state index in [1.807, 2.05) is 0 Å². The van der Waals surface area contributed by atoms with Crippen LogP contribution < -0.4 is 5.32 Å². The number of carboxylic acids is 1. The second kappa shape index (κ2) is 5.11. The Labute approximate surface area is 116 Å². The van der Waals surface area contributed by atoms with Crippen LogP contribution in [0.3, 0.4) is 0 Å². The molecule has 0 unspecified atom stereocenters. The Hall–Kier alpha value is -2.11. The molecule has 0 spiro atoms. The summed E-state index contributed by atoms with van der Waals surface area (Å²) >= 11 is 0. The largest absolute Gasteiger partial charge is 0.478 e. The van der Waals surface area contributed by atoms with E-state index >= 15 is 0 Å². The van der Waals surface area contributed by atoms with Crippen molar-refractivity contribution in [3.05, 3.63) is 29.6 Å². The Kier molecular flexibility index (Phi) is 3.65. The van der Waals surface area contributed by atoms with Crippen LogP contribution >= 0.6 is 0 Å². The summed E-state index contributed by atoms with van der Waals surface area (Å²) in [7, 11) is 0. The van der Waals surface area contributed by atoms with Crippen LogP contribution in [-0.2, 0) is 0 Å². The van der Waals surface area contributed by atoms with Gasteiger partial charge < -0.3 is 15.3 Å². The van der Waals surface area contributed by atoms with E-state index in [9.17, 15) is 14.0 Å². The molecule has 0 aliphatic carbocycles.